The first kappa shape index (κ1) is 9.39. The van der Waals surface area contributed by atoms with Crippen LogP contribution in [0.3, 0.4) is 0 Å². The molecule has 1 aliphatic rings. The highest BCUT2D eigenvalue weighted by Crippen LogP contribution is 2.08. The summed E-state index contributed by atoms with van der Waals surface area (Å²) in [5.74, 6) is 0. The molecule has 0 amide bonds. The first-order valence-electron chi connectivity index (χ1n) is 4.43. The van der Waals surface area contributed by atoms with Gasteiger partial charge in [0.15, 0.2) is 5.69 Å². The largest absolute Gasteiger partial charge is 0.471 e. The fraction of sp³-hybridized carbons (Fsp3) is 0.100. The molecule has 0 radical (unpaired) electrons. The maximum absolute atomic E-state index is 11.2. The van der Waals surface area contributed by atoms with Gasteiger partial charge in [-0.25, -0.2) is 0 Å². The number of nitrogens with one attached hydrogen (secondary N) is 1. The van der Waals surface area contributed by atoms with Crippen molar-refractivity contribution in [2.75, 3.05) is 0 Å². The first-order chi connectivity index (χ1) is 7.36. The van der Waals surface area contributed by atoms with Gasteiger partial charge in [-0.1, -0.05) is 6.08 Å². The van der Waals surface area contributed by atoms with E-state index < -0.39 is 6.23 Å². The molecule has 0 aliphatic carbocycles. The molecule has 15 heavy (non-hydrogen) atoms. The molecule has 0 bridgehead atoms. The van der Waals surface area contributed by atoms with Gasteiger partial charge in [0.05, 0.1) is 6.26 Å². The van der Waals surface area contributed by atoms with Crippen molar-refractivity contribution in [2.24, 2.45) is 10.2 Å². The van der Waals surface area contributed by atoms with E-state index in [2.05, 4.69) is 15.2 Å². The molecule has 2 heterocycles. The molecule has 0 saturated heterocycles. The number of hydrogen-bond acceptors (Lipinski definition) is 4. The quantitative estimate of drug-likeness (QED) is 0.745. The molecular formula is C10H9N3O2. The smallest absolute Gasteiger partial charge is 0.275 e. The van der Waals surface area contributed by atoms with E-state index in [1.54, 1.807) is 30.5 Å². The fourth-order valence-corrected chi connectivity index (χ4v) is 1.05. The number of ether oxygens (including phenoxy) is 1. The van der Waals surface area contributed by atoms with Crippen molar-refractivity contribution in [1.29, 1.82) is 0 Å². The van der Waals surface area contributed by atoms with Crippen molar-refractivity contribution in [1.82, 2.24) is 4.98 Å². The predicted molar refractivity (Wildman–Crippen MR) is 54.7 cm³/mol. The molecular weight excluding hydrogens is 194 g/mol. The number of rotatable bonds is 2. The van der Waals surface area contributed by atoms with E-state index in [-0.39, 0.29) is 11.2 Å². The molecule has 1 atom stereocenters. The Morgan fingerprint density at radius 1 is 1.40 bits per heavy atom. The molecule has 5 heteroatoms. The van der Waals surface area contributed by atoms with Crippen LogP contribution in [0.25, 0.3) is 0 Å². The molecule has 1 aliphatic heterocycles. The lowest BCUT2D eigenvalue weighted by atomic mass is 10.4. The summed E-state index contributed by atoms with van der Waals surface area (Å²) in [7, 11) is 0. The van der Waals surface area contributed by atoms with Crippen LogP contribution in [-0.4, -0.2) is 11.2 Å². The Hall–Kier alpha value is -2.17. The van der Waals surface area contributed by atoms with Crippen LogP contribution in [0.1, 0.15) is 0 Å². The minimum Gasteiger partial charge on any atom is -0.471 e. The Bertz CT molecular complexity index is 474. The lowest BCUT2D eigenvalue weighted by Crippen LogP contribution is -2.05. The summed E-state index contributed by atoms with van der Waals surface area (Å²) in [4.78, 5) is 13.7. The highest BCUT2D eigenvalue weighted by molar-refractivity contribution is 5.31. The number of pyridine rings is 1. The molecule has 0 spiro atoms. The molecule has 1 unspecified atom stereocenters. The molecule has 0 saturated carbocycles. The van der Waals surface area contributed by atoms with E-state index >= 15 is 0 Å². The zero-order chi connectivity index (χ0) is 10.5. The number of aromatic amines is 1. The van der Waals surface area contributed by atoms with Crippen molar-refractivity contribution in [2.45, 2.75) is 6.23 Å². The zero-order valence-corrected chi connectivity index (χ0v) is 7.83. The van der Waals surface area contributed by atoms with Gasteiger partial charge in [0, 0.05) is 6.20 Å². The van der Waals surface area contributed by atoms with E-state index in [0.29, 0.717) is 0 Å². The Morgan fingerprint density at radius 3 is 3.07 bits per heavy atom. The van der Waals surface area contributed by atoms with Crippen LogP contribution >= 0.6 is 0 Å². The Labute approximate surface area is 85.8 Å². The van der Waals surface area contributed by atoms with Gasteiger partial charge in [0.25, 0.3) is 5.56 Å². The van der Waals surface area contributed by atoms with Gasteiger partial charge in [0.2, 0.25) is 6.23 Å². The standard InChI is InChI=1S/C10H9N3O2/c14-10-8(4-3-6-11-10)12-13-9-5-1-2-7-15-9/h1-7,9H,(H,11,14). The summed E-state index contributed by atoms with van der Waals surface area (Å²) < 4.78 is 5.10. The number of azo groups is 1. The molecule has 76 valence electrons. The van der Waals surface area contributed by atoms with Gasteiger partial charge in [-0.05, 0) is 24.3 Å². The SMILES string of the molecule is O=c1[nH]cccc1N=NC1C=CC=CO1. The second kappa shape index (κ2) is 4.36. The average Bonchev–Trinajstić information content (AvgIpc) is 2.29. The number of hydrogen-bond donors (Lipinski definition) is 1. The van der Waals surface area contributed by atoms with Crippen LogP contribution in [-0.2, 0) is 4.74 Å². The molecule has 1 aromatic rings. The number of allylic oxidation sites excluding steroid dienone is 2. The minimum absolute atomic E-state index is 0.267. The van der Waals surface area contributed by atoms with Crippen molar-refractivity contribution >= 4 is 5.69 Å². The van der Waals surface area contributed by atoms with Gasteiger partial charge in [-0.2, -0.15) is 0 Å². The van der Waals surface area contributed by atoms with Gasteiger partial charge in [0.1, 0.15) is 0 Å². The minimum atomic E-state index is -0.449. The van der Waals surface area contributed by atoms with E-state index in [1.165, 1.54) is 6.26 Å². The third-order valence-electron chi connectivity index (χ3n) is 1.76. The van der Waals surface area contributed by atoms with Crippen LogP contribution in [0.5, 0.6) is 0 Å². The van der Waals surface area contributed by atoms with Gasteiger partial charge >= 0.3 is 0 Å². The van der Waals surface area contributed by atoms with Crippen molar-refractivity contribution < 1.29 is 4.74 Å². The second-order valence-electron chi connectivity index (χ2n) is 2.84. The normalized spacial score (nSPS) is 19.3. The average molecular weight is 203 g/mol. The summed E-state index contributed by atoms with van der Waals surface area (Å²) in [5.41, 5.74) is 0.000587. The van der Waals surface area contributed by atoms with Gasteiger partial charge in [-0.3, -0.25) is 4.79 Å². The highest BCUT2D eigenvalue weighted by atomic mass is 16.5. The molecule has 5 nitrogen and oxygen atoms in total. The summed E-state index contributed by atoms with van der Waals surface area (Å²) in [6.45, 7) is 0. The number of nitrogens with zero attached hydrogens (tertiary/aromatic N) is 2. The molecule has 1 N–H and O–H groups in total. The number of H-pyrrole nitrogens is 1. The maximum Gasteiger partial charge on any atom is 0.275 e. The van der Waals surface area contributed by atoms with E-state index in [4.69, 9.17) is 4.74 Å². The summed E-state index contributed by atoms with van der Waals surface area (Å²) in [6.07, 6.45) is 7.92. The maximum atomic E-state index is 11.2. The van der Waals surface area contributed by atoms with Gasteiger partial charge in [-0.15, -0.1) is 10.2 Å². The second-order valence-corrected chi connectivity index (χ2v) is 2.84. The van der Waals surface area contributed by atoms with Crippen molar-refractivity contribution in [3.63, 3.8) is 0 Å². The number of aromatic nitrogens is 1. The summed E-state index contributed by atoms with van der Waals surface area (Å²) in [5, 5.41) is 7.66. The Morgan fingerprint density at radius 2 is 2.33 bits per heavy atom. The molecule has 1 aromatic heterocycles. The third kappa shape index (κ3) is 2.40. The predicted octanol–water partition coefficient (Wildman–Crippen LogP) is 1.88. The van der Waals surface area contributed by atoms with E-state index in [0.717, 1.165) is 0 Å². The molecule has 2 rings (SSSR count). The highest BCUT2D eigenvalue weighted by Gasteiger charge is 2.03. The molecule has 0 aromatic carbocycles. The van der Waals surface area contributed by atoms with Crippen molar-refractivity contribution in [3.05, 3.63) is 53.2 Å². The first-order valence-corrected chi connectivity index (χ1v) is 4.43. The monoisotopic (exact) mass is 203 g/mol. The van der Waals surface area contributed by atoms with Crippen LogP contribution in [0.2, 0.25) is 0 Å². The van der Waals surface area contributed by atoms with Crippen LogP contribution in [0.4, 0.5) is 5.69 Å². The van der Waals surface area contributed by atoms with Crippen LogP contribution in [0, 0.1) is 0 Å². The summed E-state index contributed by atoms with van der Waals surface area (Å²) in [6, 6.07) is 3.28. The fourth-order valence-electron chi connectivity index (χ4n) is 1.05. The van der Waals surface area contributed by atoms with E-state index in [1.807, 2.05) is 6.08 Å². The van der Waals surface area contributed by atoms with E-state index in [9.17, 15) is 4.79 Å². The Kier molecular flexibility index (Phi) is 2.73. The lowest BCUT2D eigenvalue weighted by molar-refractivity contribution is 0.185. The zero-order valence-electron chi connectivity index (χ0n) is 7.83. The van der Waals surface area contributed by atoms with Crippen molar-refractivity contribution in [3.8, 4) is 0 Å². The Balaban J connectivity index is 2.12. The third-order valence-corrected chi connectivity index (χ3v) is 1.76. The van der Waals surface area contributed by atoms with Gasteiger partial charge < -0.3 is 9.72 Å². The van der Waals surface area contributed by atoms with Crippen LogP contribution < -0.4 is 5.56 Å². The summed E-state index contributed by atoms with van der Waals surface area (Å²) >= 11 is 0. The lowest BCUT2D eigenvalue weighted by Gasteiger charge is -2.07. The van der Waals surface area contributed by atoms with Crippen LogP contribution in [0.15, 0.2) is 57.8 Å². The topological polar surface area (TPSA) is 66.8 Å². The molecule has 0 fully saturated rings.